The van der Waals surface area contributed by atoms with Crippen molar-refractivity contribution in [3.05, 3.63) is 33.8 Å². The highest BCUT2D eigenvalue weighted by Gasteiger charge is 2.20. The molecule has 0 aliphatic rings. The third kappa shape index (κ3) is 2.14. The topological polar surface area (TPSA) is 56.0 Å². The molecule has 0 saturated carbocycles. The van der Waals surface area contributed by atoms with Crippen LogP contribution in [0.3, 0.4) is 0 Å². The molecule has 70 valence electrons. The van der Waals surface area contributed by atoms with Crippen LogP contribution in [0.5, 0.6) is 0 Å². The maximum Gasteiger partial charge on any atom is 0.366 e. The third-order valence-corrected chi connectivity index (χ3v) is 1.21. The number of hydrogen-bond donors (Lipinski definition) is 0. The van der Waals surface area contributed by atoms with Gasteiger partial charge in [0.15, 0.2) is 0 Å². The molecule has 0 atom stereocenters. The Morgan fingerprint density at radius 2 is 2.08 bits per heavy atom. The van der Waals surface area contributed by atoms with Crippen molar-refractivity contribution in [3.63, 3.8) is 0 Å². The van der Waals surface area contributed by atoms with Gasteiger partial charge in [-0.3, -0.25) is 0 Å². The minimum absolute atomic E-state index is 0.456. The molecule has 1 aromatic rings. The van der Waals surface area contributed by atoms with Crippen LogP contribution in [0, 0.1) is 15.9 Å². The second kappa shape index (κ2) is 3.38. The minimum atomic E-state index is -3.02. The van der Waals surface area contributed by atoms with Crippen LogP contribution in [0.2, 0.25) is 0 Å². The molecular weight excluding hydrogens is 189 g/mol. The van der Waals surface area contributed by atoms with Gasteiger partial charge in [0.2, 0.25) is 5.69 Å². The smallest absolute Gasteiger partial charge is 0.358 e. The monoisotopic (exact) mass is 192 g/mol. The molecule has 1 rings (SSSR count). The molecule has 0 saturated heterocycles. The second-order valence-corrected chi connectivity index (χ2v) is 2.13. The predicted molar refractivity (Wildman–Crippen MR) is 35.8 cm³/mol. The van der Waals surface area contributed by atoms with Crippen LogP contribution in [-0.4, -0.2) is 9.91 Å². The molecule has 0 amide bonds. The highest BCUT2D eigenvalue weighted by molar-refractivity contribution is 5.23. The van der Waals surface area contributed by atoms with Crippen LogP contribution in [0.25, 0.3) is 0 Å². The predicted octanol–water partition coefficient (Wildman–Crippen LogP) is 2.07. The Morgan fingerprint density at radius 3 is 2.54 bits per heavy atom. The van der Waals surface area contributed by atoms with E-state index >= 15 is 0 Å². The maximum atomic E-state index is 12.5. The fourth-order valence-electron chi connectivity index (χ4n) is 0.708. The van der Waals surface area contributed by atoms with Crippen LogP contribution in [0.4, 0.5) is 19.0 Å². The van der Waals surface area contributed by atoms with Crippen molar-refractivity contribution in [2.45, 2.75) is 6.43 Å². The fraction of sp³-hybridized carbons (Fsp3) is 0.167. The Morgan fingerprint density at radius 1 is 1.46 bits per heavy atom. The Labute approximate surface area is 70.2 Å². The van der Waals surface area contributed by atoms with Crippen molar-refractivity contribution >= 4 is 5.82 Å². The number of nitro groups is 1. The summed E-state index contributed by atoms with van der Waals surface area (Å²) < 4.78 is 36.3. The quantitative estimate of drug-likeness (QED) is 0.532. The van der Waals surface area contributed by atoms with E-state index < -0.39 is 28.7 Å². The molecule has 0 fully saturated rings. The van der Waals surface area contributed by atoms with Gasteiger partial charge in [-0.2, -0.15) is 0 Å². The van der Waals surface area contributed by atoms with Gasteiger partial charge in [-0.15, -0.1) is 0 Å². The first-order chi connectivity index (χ1) is 6.00. The van der Waals surface area contributed by atoms with Gasteiger partial charge in [-0.25, -0.2) is 13.2 Å². The number of pyridine rings is 1. The lowest BCUT2D eigenvalue weighted by atomic mass is 10.3. The standard InChI is InChI=1S/C6H3F3N2O2/c7-3-1-4(6(8)9)10-5(2-3)11(12)13/h1-2,6H. The molecule has 0 N–H and O–H groups in total. The molecule has 1 aromatic heterocycles. The summed E-state index contributed by atoms with van der Waals surface area (Å²) in [6, 6.07) is 0.934. The molecule has 0 spiro atoms. The number of rotatable bonds is 2. The molecule has 0 bridgehead atoms. The largest absolute Gasteiger partial charge is 0.366 e. The van der Waals surface area contributed by atoms with E-state index in [0.717, 1.165) is 0 Å². The molecule has 0 aromatic carbocycles. The van der Waals surface area contributed by atoms with Gasteiger partial charge in [-0.05, 0) is 9.91 Å². The SMILES string of the molecule is O=[N+]([O-])c1cc(F)cc(C(F)F)n1. The summed E-state index contributed by atoms with van der Waals surface area (Å²) in [6.45, 7) is 0. The Balaban J connectivity index is 3.19. The summed E-state index contributed by atoms with van der Waals surface area (Å²) >= 11 is 0. The van der Waals surface area contributed by atoms with E-state index in [0.29, 0.717) is 12.1 Å². The number of alkyl halides is 2. The fourth-order valence-corrected chi connectivity index (χ4v) is 0.708. The van der Waals surface area contributed by atoms with E-state index in [4.69, 9.17) is 0 Å². The summed E-state index contributed by atoms with van der Waals surface area (Å²) in [4.78, 5) is 12.0. The molecule has 0 aliphatic heterocycles. The average Bonchev–Trinajstić information content (AvgIpc) is 2.03. The van der Waals surface area contributed by atoms with E-state index in [1.807, 2.05) is 0 Å². The summed E-state index contributed by atoms with van der Waals surface area (Å²) in [5.74, 6) is -2.02. The molecule has 13 heavy (non-hydrogen) atoms. The third-order valence-electron chi connectivity index (χ3n) is 1.21. The highest BCUT2D eigenvalue weighted by atomic mass is 19.3. The lowest BCUT2D eigenvalue weighted by Gasteiger charge is -1.95. The molecule has 0 aliphatic carbocycles. The first kappa shape index (κ1) is 9.43. The molecule has 0 radical (unpaired) electrons. The van der Waals surface area contributed by atoms with Crippen molar-refractivity contribution in [1.29, 1.82) is 0 Å². The number of hydrogen-bond acceptors (Lipinski definition) is 3. The Kier molecular flexibility index (Phi) is 2.45. The Bertz CT molecular complexity index is 343. The summed E-state index contributed by atoms with van der Waals surface area (Å²) in [5, 5.41) is 10.1. The zero-order valence-corrected chi connectivity index (χ0v) is 6.08. The van der Waals surface area contributed by atoms with Gasteiger partial charge < -0.3 is 10.1 Å². The van der Waals surface area contributed by atoms with E-state index in [1.54, 1.807) is 0 Å². The van der Waals surface area contributed by atoms with Crippen molar-refractivity contribution in [3.8, 4) is 0 Å². The van der Waals surface area contributed by atoms with Crippen molar-refractivity contribution in [1.82, 2.24) is 4.98 Å². The molecule has 4 nitrogen and oxygen atoms in total. The maximum absolute atomic E-state index is 12.5. The van der Waals surface area contributed by atoms with Crippen LogP contribution >= 0.6 is 0 Å². The summed E-state index contributed by atoms with van der Waals surface area (Å²) in [5.41, 5.74) is -0.938. The summed E-state index contributed by atoms with van der Waals surface area (Å²) in [6.07, 6.45) is -3.02. The normalized spacial score (nSPS) is 10.5. The van der Waals surface area contributed by atoms with Gasteiger partial charge in [0.05, 0.1) is 6.07 Å². The number of nitrogens with zero attached hydrogens (tertiary/aromatic N) is 2. The highest BCUT2D eigenvalue weighted by Crippen LogP contribution is 2.20. The number of aromatic nitrogens is 1. The van der Waals surface area contributed by atoms with E-state index in [9.17, 15) is 23.3 Å². The van der Waals surface area contributed by atoms with Crippen LogP contribution < -0.4 is 0 Å². The van der Waals surface area contributed by atoms with Crippen molar-refractivity contribution in [2.75, 3.05) is 0 Å². The number of halogens is 3. The zero-order chi connectivity index (χ0) is 10.0. The van der Waals surface area contributed by atoms with Gasteiger partial charge in [0.1, 0.15) is 5.82 Å². The van der Waals surface area contributed by atoms with Gasteiger partial charge in [-0.1, -0.05) is 0 Å². The van der Waals surface area contributed by atoms with Gasteiger partial charge in [0.25, 0.3) is 0 Å². The first-order valence-electron chi connectivity index (χ1n) is 3.10. The second-order valence-electron chi connectivity index (χ2n) is 2.13. The van der Waals surface area contributed by atoms with Crippen molar-refractivity contribution in [2.24, 2.45) is 0 Å². The van der Waals surface area contributed by atoms with E-state index in [1.165, 1.54) is 0 Å². The Hall–Kier alpha value is -1.66. The first-order valence-corrected chi connectivity index (χ1v) is 3.10. The summed E-state index contributed by atoms with van der Waals surface area (Å²) in [7, 11) is 0. The van der Waals surface area contributed by atoms with Gasteiger partial charge in [0, 0.05) is 6.07 Å². The zero-order valence-electron chi connectivity index (χ0n) is 6.08. The molecular formula is C6H3F3N2O2. The molecule has 0 unspecified atom stereocenters. The average molecular weight is 192 g/mol. The van der Waals surface area contributed by atoms with Crippen molar-refractivity contribution < 1.29 is 18.1 Å². The van der Waals surface area contributed by atoms with Crippen LogP contribution in [0.15, 0.2) is 12.1 Å². The van der Waals surface area contributed by atoms with Gasteiger partial charge >= 0.3 is 12.2 Å². The van der Waals surface area contributed by atoms with Crippen LogP contribution in [0.1, 0.15) is 12.1 Å². The lowest BCUT2D eigenvalue weighted by molar-refractivity contribution is -0.389. The minimum Gasteiger partial charge on any atom is -0.358 e. The molecule has 1 heterocycles. The van der Waals surface area contributed by atoms with Crippen LogP contribution in [-0.2, 0) is 0 Å². The molecule has 7 heteroatoms. The van der Waals surface area contributed by atoms with E-state index in [-0.39, 0.29) is 0 Å². The lowest BCUT2D eigenvalue weighted by Crippen LogP contribution is -1.98. The van der Waals surface area contributed by atoms with E-state index in [2.05, 4.69) is 4.98 Å².